The Morgan fingerprint density at radius 1 is 1.21 bits per heavy atom. The summed E-state index contributed by atoms with van der Waals surface area (Å²) in [6.45, 7) is 3.66. The van der Waals surface area contributed by atoms with Crippen LogP contribution in [-0.2, 0) is 14.8 Å². The summed E-state index contributed by atoms with van der Waals surface area (Å²) in [6.07, 6.45) is 5.91. The van der Waals surface area contributed by atoms with Crippen LogP contribution in [0.2, 0.25) is 0 Å². The summed E-state index contributed by atoms with van der Waals surface area (Å²) in [6, 6.07) is 10.8. The van der Waals surface area contributed by atoms with E-state index in [4.69, 9.17) is 0 Å². The van der Waals surface area contributed by atoms with Crippen LogP contribution in [-0.4, -0.2) is 48.2 Å². The number of aromatic nitrogens is 2. The summed E-state index contributed by atoms with van der Waals surface area (Å²) in [5.74, 6) is 0.156. The molecule has 1 saturated heterocycles. The van der Waals surface area contributed by atoms with Crippen molar-refractivity contribution in [3.8, 4) is 11.3 Å². The monoisotopic (exact) mass is 412 g/mol. The smallest absolute Gasteiger partial charge is 0.240 e. The fraction of sp³-hybridized carbons (Fsp3) is 0.333. The molecular formula is C21H24N4O3S. The van der Waals surface area contributed by atoms with Gasteiger partial charge in [-0.1, -0.05) is 12.1 Å². The summed E-state index contributed by atoms with van der Waals surface area (Å²) in [7, 11) is -3.62. The third kappa shape index (κ3) is 4.33. The standard InChI is InChI=1S/C21H24N4O3S/c1-16-8-12-25-15-19(23-20(25)13-16)17-5-2-6-18(14-17)29(27,28)22-9-4-11-24-10-3-7-21(24)26/h2,5-6,8,12-15,22H,3-4,7,9-11H2,1H3. The molecule has 1 aliphatic rings. The van der Waals surface area contributed by atoms with E-state index in [1.165, 1.54) is 0 Å². The van der Waals surface area contributed by atoms with Gasteiger partial charge in [-0.3, -0.25) is 4.79 Å². The van der Waals surface area contributed by atoms with Gasteiger partial charge in [0.15, 0.2) is 0 Å². The van der Waals surface area contributed by atoms with Crippen LogP contribution in [0.5, 0.6) is 0 Å². The minimum absolute atomic E-state index is 0.156. The second kappa shape index (κ2) is 7.96. The van der Waals surface area contributed by atoms with Crippen molar-refractivity contribution in [2.24, 2.45) is 0 Å². The molecule has 1 fully saturated rings. The molecule has 3 heterocycles. The van der Waals surface area contributed by atoms with Crippen molar-refractivity contribution in [1.29, 1.82) is 0 Å². The zero-order valence-electron chi connectivity index (χ0n) is 16.3. The predicted octanol–water partition coefficient (Wildman–Crippen LogP) is 2.60. The average Bonchev–Trinajstić information content (AvgIpc) is 3.31. The highest BCUT2D eigenvalue weighted by Crippen LogP contribution is 2.22. The van der Waals surface area contributed by atoms with E-state index < -0.39 is 10.0 Å². The number of amides is 1. The van der Waals surface area contributed by atoms with E-state index in [1.807, 2.05) is 41.9 Å². The molecule has 0 unspecified atom stereocenters. The van der Waals surface area contributed by atoms with Gasteiger partial charge in [-0.15, -0.1) is 0 Å². The van der Waals surface area contributed by atoms with Gasteiger partial charge in [-0.05, 0) is 49.6 Å². The molecule has 1 aliphatic heterocycles. The molecule has 0 bridgehead atoms. The SMILES string of the molecule is Cc1ccn2cc(-c3cccc(S(=O)(=O)NCCCN4CCCC4=O)c3)nc2c1. The zero-order chi connectivity index (χ0) is 20.4. The molecule has 0 atom stereocenters. The molecular weight excluding hydrogens is 388 g/mol. The second-order valence-electron chi connectivity index (χ2n) is 7.36. The maximum Gasteiger partial charge on any atom is 0.240 e. The highest BCUT2D eigenvalue weighted by atomic mass is 32.2. The lowest BCUT2D eigenvalue weighted by atomic mass is 10.2. The number of hydrogen-bond donors (Lipinski definition) is 1. The predicted molar refractivity (Wildman–Crippen MR) is 111 cm³/mol. The van der Waals surface area contributed by atoms with Crippen LogP contribution in [0, 0.1) is 6.92 Å². The van der Waals surface area contributed by atoms with Gasteiger partial charge in [-0.2, -0.15) is 0 Å². The number of benzene rings is 1. The minimum atomic E-state index is -3.62. The number of rotatable bonds is 7. The number of aryl methyl sites for hydroxylation is 1. The van der Waals surface area contributed by atoms with Crippen LogP contribution in [0.3, 0.4) is 0 Å². The summed E-state index contributed by atoms with van der Waals surface area (Å²) in [5.41, 5.74) is 3.41. The van der Waals surface area contributed by atoms with E-state index in [2.05, 4.69) is 9.71 Å². The Labute approximate surface area is 170 Å². The number of carbonyl (C=O) groups is 1. The Morgan fingerprint density at radius 2 is 2.07 bits per heavy atom. The van der Waals surface area contributed by atoms with Gasteiger partial charge in [0.25, 0.3) is 0 Å². The highest BCUT2D eigenvalue weighted by molar-refractivity contribution is 7.89. The van der Waals surface area contributed by atoms with Crippen molar-refractivity contribution < 1.29 is 13.2 Å². The maximum atomic E-state index is 12.7. The summed E-state index contributed by atoms with van der Waals surface area (Å²) >= 11 is 0. The van der Waals surface area contributed by atoms with E-state index in [0.717, 1.165) is 35.4 Å². The number of imidazole rings is 1. The van der Waals surface area contributed by atoms with Crippen molar-refractivity contribution >= 4 is 21.6 Å². The number of likely N-dealkylation sites (tertiary alicyclic amines) is 1. The third-order valence-electron chi connectivity index (χ3n) is 5.12. The second-order valence-corrected chi connectivity index (χ2v) is 9.13. The van der Waals surface area contributed by atoms with Gasteiger partial charge in [0, 0.05) is 44.0 Å². The lowest BCUT2D eigenvalue weighted by Gasteiger charge is -2.15. The Kier molecular flexibility index (Phi) is 5.38. The third-order valence-corrected chi connectivity index (χ3v) is 6.58. The summed E-state index contributed by atoms with van der Waals surface area (Å²) < 4.78 is 29.9. The zero-order valence-corrected chi connectivity index (χ0v) is 17.2. The van der Waals surface area contributed by atoms with Crippen molar-refractivity contribution in [3.05, 3.63) is 54.4 Å². The molecule has 4 rings (SSSR count). The number of nitrogens with one attached hydrogen (secondary N) is 1. The lowest BCUT2D eigenvalue weighted by molar-refractivity contribution is -0.127. The van der Waals surface area contributed by atoms with Crippen LogP contribution in [0.4, 0.5) is 0 Å². The number of fused-ring (bicyclic) bond motifs is 1. The Bertz CT molecular complexity index is 1150. The largest absolute Gasteiger partial charge is 0.343 e. The first-order valence-corrected chi connectivity index (χ1v) is 11.2. The molecule has 29 heavy (non-hydrogen) atoms. The first kappa shape index (κ1) is 19.6. The molecule has 2 aromatic heterocycles. The normalized spacial score (nSPS) is 14.8. The summed E-state index contributed by atoms with van der Waals surface area (Å²) in [4.78, 5) is 18.2. The van der Waals surface area contributed by atoms with Gasteiger partial charge < -0.3 is 9.30 Å². The molecule has 1 aromatic carbocycles. The van der Waals surface area contributed by atoms with Crippen molar-refractivity contribution in [3.63, 3.8) is 0 Å². The number of pyridine rings is 1. The van der Waals surface area contributed by atoms with Crippen molar-refractivity contribution in [2.45, 2.75) is 31.1 Å². The fourth-order valence-corrected chi connectivity index (χ4v) is 4.67. The molecule has 1 N–H and O–H groups in total. The van der Waals surface area contributed by atoms with Gasteiger partial charge in [-0.25, -0.2) is 18.1 Å². The van der Waals surface area contributed by atoms with Gasteiger partial charge in [0.2, 0.25) is 15.9 Å². The maximum absolute atomic E-state index is 12.7. The first-order chi connectivity index (χ1) is 13.9. The van der Waals surface area contributed by atoms with Gasteiger partial charge >= 0.3 is 0 Å². The Morgan fingerprint density at radius 3 is 2.86 bits per heavy atom. The van der Waals surface area contributed by atoms with E-state index in [0.29, 0.717) is 25.9 Å². The average molecular weight is 413 g/mol. The molecule has 0 spiro atoms. The molecule has 152 valence electrons. The number of carbonyl (C=O) groups excluding carboxylic acids is 1. The highest BCUT2D eigenvalue weighted by Gasteiger charge is 2.20. The minimum Gasteiger partial charge on any atom is -0.343 e. The molecule has 0 aliphatic carbocycles. The van der Waals surface area contributed by atoms with E-state index >= 15 is 0 Å². The van der Waals surface area contributed by atoms with Crippen LogP contribution in [0.25, 0.3) is 16.9 Å². The van der Waals surface area contributed by atoms with Crippen molar-refractivity contribution in [1.82, 2.24) is 19.0 Å². The summed E-state index contributed by atoms with van der Waals surface area (Å²) in [5, 5.41) is 0. The molecule has 1 amide bonds. The Hall–Kier alpha value is -2.71. The number of nitrogens with zero attached hydrogens (tertiary/aromatic N) is 3. The van der Waals surface area contributed by atoms with E-state index in [-0.39, 0.29) is 10.8 Å². The van der Waals surface area contributed by atoms with Crippen LogP contribution < -0.4 is 4.72 Å². The number of sulfonamides is 1. The van der Waals surface area contributed by atoms with Crippen LogP contribution in [0.1, 0.15) is 24.8 Å². The molecule has 8 heteroatoms. The van der Waals surface area contributed by atoms with Crippen LogP contribution >= 0.6 is 0 Å². The first-order valence-electron chi connectivity index (χ1n) is 9.76. The fourth-order valence-electron chi connectivity index (χ4n) is 3.55. The van der Waals surface area contributed by atoms with Gasteiger partial charge in [0.05, 0.1) is 10.6 Å². The van der Waals surface area contributed by atoms with Gasteiger partial charge in [0.1, 0.15) is 5.65 Å². The topological polar surface area (TPSA) is 83.8 Å². The molecule has 3 aromatic rings. The van der Waals surface area contributed by atoms with Crippen LogP contribution in [0.15, 0.2) is 53.7 Å². The molecule has 0 radical (unpaired) electrons. The van der Waals surface area contributed by atoms with E-state index in [1.54, 1.807) is 23.1 Å². The van der Waals surface area contributed by atoms with Crippen molar-refractivity contribution in [2.75, 3.05) is 19.6 Å². The number of hydrogen-bond acceptors (Lipinski definition) is 4. The molecule has 0 saturated carbocycles. The quantitative estimate of drug-likeness (QED) is 0.605. The molecule has 7 nitrogen and oxygen atoms in total. The van der Waals surface area contributed by atoms with E-state index in [9.17, 15) is 13.2 Å². The Balaban J connectivity index is 1.45. The lowest BCUT2D eigenvalue weighted by Crippen LogP contribution is -2.30.